The van der Waals surface area contributed by atoms with Crippen LogP contribution >= 0.6 is 22.9 Å². The number of aromatic nitrogens is 2. The van der Waals surface area contributed by atoms with E-state index in [-0.39, 0.29) is 5.56 Å². The van der Waals surface area contributed by atoms with Gasteiger partial charge < -0.3 is 4.98 Å². The molecule has 1 aromatic carbocycles. The highest BCUT2D eigenvalue weighted by molar-refractivity contribution is 7.12. The molecule has 0 unspecified atom stereocenters. The largest absolute Gasteiger partial charge is 0.334 e. The van der Waals surface area contributed by atoms with Crippen LogP contribution in [0.2, 0.25) is 5.02 Å². The Bertz CT molecular complexity index is 833. The van der Waals surface area contributed by atoms with E-state index in [1.165, 1.54) is 11.3 Å². The second-order valence-electron chi connectivity index (χ2n) is 3.68. The molecule has 0 aliphatic heterocycles. The van der Waals surface area contributed by atoms with Crippen molar-refractivity contribution >= 4 is 33.8 Å². The number of H-pyrrole nitrogens is 1. The van der Waals surface area contributed by atoms with Crippen LogP contribution in [-0.4, -0.2) is 9.55 Å². The van der Waals surface area contributed by atoms with Crippen LogP contribution in [0.5, 0.6) is 0 Å². The van der Waals surface area contributed by atoms with Crippen LogP contribution in [-0.2, 0) is 0 Å². The zero-order valence-electron chi connectivity index (χ0n) is 9.01. The van der Waals surface area contributed by atoms with Crippen LogP contribution < -0.4 is 11.2 Å². The highest BCUT2D eigenvalue weighted by Crippen LogP contribution is 2.18. The predicted octanol–water partition coefficient (Wildman–Crippen LogP) is 2.39. The average molecular weight is 279 g/mol. The lowest BCUT2D eigenvalue weighted by Crippen LogP contribution is -2.33. The van der Waals surface area contributed by atoms with Gasteiger partial charge in [0.2, 0.25) is 0 Å². The fourth-order valence-corrected chi connectivity index (χ4v) is 2.75. The number of rotatable bonds is 1. The number of fused-ring (bicyclic) bond motifs is 1. The Morgan fingerprint density at radius 2 is 2.00 bits per heavy atom. The predicted molar refractivity (Wildman–Crippen MR) is 73.1 cm³/mol. The maximum Gasteiger partial charge on any atom is 0.334 e. The first-order valence-electron chi connectivity index (χ1n) is 5.16. The Morgan fingerprint density at radius 1 is 1.17 bits per heavy atom. The van der Waals surface area contributed by atoms with Gasteiger partial charge in [0, 0.05) is 0 Å². The summed E-state index contributed by atoms with van der Waals surface area (Å²) in [5.41, 5.74) is -0.469. The maximum atomic E-state index is 12.3. The summed E-state index contributed by atoms with van der Waals surface area (Å²) < 4.78 is 1.11. The van der Waals surface area contributed by atoms with Crippen LogP contribution in [0, 0.1) is 0 Å². The molecule has 2 aromatic heterocycles. The Hall–Kier alpha value is -1.85. The Morgan fingerprint density at radius 3 is 2.72 bits per heavy atom. The van der Waals surface area contributed by atoms with E-state index in [9.17, 15) is 9.59 Å². The third-order valence-electron chi connectivity index (χ3n) is 2.61. The average Bonchev–Trinajstić information content (AvgIpc) is 2.84. The smallest absolute Gasteiger partial charge is 0.305 e. The van der Waals surface area contributed by atoms with Gasteiger partial charge in [0.05, 0.1) is 15.9 Å². The van der Waals surface area contributed by atoms with E-state index >= 15 is 0 Å². The highest BCUT2D eigenvalue weighted by atomic mass is 35.5. The maximum absolute atomic E-state index is 12.3. The van der Waals surface area contributed by atoms with Gasteiger partial charge >= 0.3 is 5.69 Å². The molecule has 90 valence electrons. The molecular weight excluding hydrogens is 272 g/mol. The number of nitrogens with zero attached hydrogens (tertiary/aromatic N) is 1. The monoisotopic (exact) mass is 278 g/mol. The number of para-hydroxylation sites is 1. The van der Waals surface area contributed by atoms with E-state index in [4.69, 9.17) is 11.6 Å². The van der Waals surface area contributed by atoms with E-state index in [0.29, 0.717) is 20.9 Å². The van der Waals surface area contributed by atoms with Crippen LogP contribution in [0.4, 0.5) is 0 Å². The van der Waals surface area contributed by atoms with Gasteiger partial charge in [-0.2, -0.15) is 0 Å². The molecule has 18 heavy (non-hydrogen) atoms. The van der Waals surface area contributed by atoms with Crippen molar-refractivity contribution in [3.63, 3.8) is 0 Å². The van der Waals surface area contributed by atoms with Crippen LogP contribution in [0.25, 0.3) is 15.9 Å². The lowest BCUT2D eigenvalue weighted by atomic mass is 10.2. The molecule has 0 aliphatic carbocycles. The summed E-state index contributed by atoms with van der Waals surface area (Å²) in [7, 11) is 0. The van der Waals surface area contributed by atoms with Crippen molar-refractivity contribution in [2.45, 2.75) is 0 Å². The van der Waals surface area contributed by atoms with E-state index in [2.05, 4.69) is 4.98 Å². The van der Waals surface area contributed by atoms with Gasteiger partial charge in [0.1, 0.15) is 5.00 Å². The molecule has 4 nitrogen and oxygen atoms in total. The fraction of sp³-hybridized carbons (Fsp3) is 0. The summed E-state index contributed by atoms with van der Waals surface area (Å²) in [5.74, 6) is 0. The molecule has 0 bridgehead atoms. The molecule has 6 heteroatoms. The first-order valence-corrected chi connectivity index (χ1v) is 6.41. The number of benzene rings is 1. The summed E-state index contributed by atoms with van der Waals surface area (Å²) in [5, 5.41) is 3.15. The molecule has 0 saturated carbocycles. The molecule has 0 aliphatic rings. The molecule has 0 saturated heterocycles. The van der Waals surface area contributed by atoms with Gasteiger partial charge in [-0.1, -0.05) is 17.7 Å². The van der Waals surface area contributed by atoms with Crippen molar-refractivity contribution in [2.24, 2.45) is 0 Å². The summed E-state index contributed by atoms with van der Waals surface area (Å²) >= 11 is 7.29. The SMILES string of the molecule is O=c1[nH]c2c(Cl)cccc2c(=O)n1-c1cccs1. The van der Waals surface area contributed by atoms with E-state index in [0.717, 1.165) is 4.57 Å². The van der Waals surface area contributed by atoms with Gasteiger partial charge in [-0.15, -0.1) is 11.3 Å². The van der Waals surface area contributed by atoms with Crippen molar-refractivity contribution in [1.82, 2.24) is 9.55 Å². The van der Waals surface area contributed by atoms with Gasteiger partial charge in [-0.05, 0) is 29.6 Å². The fourth-order valence-electron chi connectivity index (χ4n) is 1.80. The second-order valence-corrected chi connectivity index (χ2v) is 5.02. The van der Waals surface area contributed by atoms with Crippen LogP contribution in [0.1, 0.15) is 0 Å². The van der Waals surface area contributed by atoms with Gasteiger partial charge in [0.15, 0.2) is 0 Å². The molecule has 0 amide bonds. The third kappa shape index (κ3) is 1.60. The Balaban J connectivity index is 2.50. The molecule has 0 spiro atoms. The Kier molecular flexibility index (Phi) is 2.57. The lowest BCUT2D eigenvalue weighted by molar-refractivity contribution is 0.917. The summed E-state index contributed by atoms with van der Waals surface area (Å²) in [6, 6.07) is 8.47. The van der Waals surface area contributed by atoms with Gasteiger partial charge in [0.25, 0.3) is 5.56 Å². The normalized spacial score (nSPS) is 10.9. The molecule has 1 N–H and O–H groups in total. The lowest BCUT2D eigenvalue weighted by Gasteiger charge is -2.04. The molecule has 0 fully saturated rings. The van der Waals surface area contributed by atoms with Gasteiger partial charge in [-0.25, -0.2) is 9.36 Å². The van der Waals surface area contributed by atoms with Crippen molar-refractivity contribution in [2.75, 3.05) is 0 Å². The number of thiophene rings is 1. The topological polar surface area (TPSA) is 54.9 Å². The van der Waals surface area contributed by atoms with Crippen LogP contribution in [0.3, 0.4) is 0 Å². The molecule has 3 rings (SSSR count). The van der Waals surface area contributed by atoms with E-state index in [1.807, 2.05) is 5.38 Å². The van der Waals surface area contributed by atoms with Crippen molar-refractivity contribution in [1.29, 1.82) is 0 Å². The van der Waals surface area contributed by atoms with Crippen molar-refractivity contribution < 1.29 is 0 Å². The second kappa shape index (κ2) is 4.12. The number of halogens is 1. The summed E-state index contributed by atoms with van der Waals surface area (Å²) in [6.07, 6.45) is 0. The Labute approximate surface area is 110 Å². The summed E-state index contributed by atoms with van der Waals surface area (Å²) in [4.78, 5) is 26.9. The molecule has 2 heterocycles. The molecule has 3 aromatic rings. The van der Waals surface area contributed by atoms with Crippen molar-refractivity contribution in [3.05, 3.63) is 61.6 Å². The minimum Gasteiger partial charge on any atom is -0.305 e. The van der Waals surface area contributed by atoms with Gasteiger partial charge in [-0.3, -0.25) is 4.79 Å². The first kappa shape index (κ1) is 11.3. The number of hydrogen-bond donors (Lipinski definition) is 1. The quantitative estimate of drug-likeness (QED) is 0.743. The van der Waals surface area contributed by atoms with Crippen LogP contribution in [0.15, 0.2) is 45.3 Å². The zero-order chi connectivity index (χ0) is 12.7. The number of hydrogen-bond acceptors (Lipinski definition) is 3. The summed E-state index contributed by atoms with van der Waals surface area (Å²) in [6.45, 7) is 0. The minimum atomic E-state index is -0.483. The van der Waals surface area contributed by atoms with E-state index in [1.54, 1.807) is 30.3 Å². The highest BCUT2D eigenvalue weighted by Gasteiger charge is 2.11. The molecule has 0 radical (unpaired) electrons. The standard InChI is InChI=1S/C12H7ClN2O2S/c13-8-4-1-3-7-10(8)14-12(17)15(11(7)16)9-5-2-6-18-9/h1-6H,(H,14,17). The van der Waals surface area contributed by atoms with Crippen molar-refractivity contribution in [3.8, 4) is 5.00 Å². The zero-order valence-corrected chi connectivity index (χ0v) is 10.6. The minimum absolute atomic E-state index is 0.361. The van der Waals surface area contributed by atoms with E-state index < -0.39 is 5.69 Å². The molecular formula is C12H7ClN2O2S. The first-order chi connectivity index (χ1) is 8.68. The number of aromatic amines is 1. The molecule has 0 atom stereocenters. The third-order valence-corrected chi connectivity index (χ3v) is 3.78. The number of nitrogens with one attached hydrogen (secondary N) is 1.